The number of nitrogens with zero attached hydrogens (tertiary/aromatic N) is 3. The van der Waals surface area contributed by atoms with Crippen LogP contribution >= 0.6 is 39.1 Å². The van der Waals surface area contributed by atoms with Crippen molar-refractivity contribution < 1.29 is 59.8 Å². The largest absolute Gasteiger partial charge is 1.00 e. The van der Waals surface area contributed by atoms with Crippen LogP contribution in [0.15, 0.2) is 41.3 Å². The molecule has 3 aromatic rings. The quantitative estimate of drug-likeness (QED) is 0.194. The number of rotatable bonds is 6. The standard InChI is InChI=1S/C14H17NO3.C13H17BrClNO.C13H16ClNO.C4H8O.CH4.Na.H/c16-14(17)11-7-10-1-2-12(13(10)15-8-11)9-3-5-18-6-4-9;1-9(10-2-4-17-5-3-10)13-11(7-15)6-12(14)8-16-13;14-11-7-10-1-2-12(13(10)15-8-11)9-3-5-16-6-4-9;1-2-4-5-3-1;;;/h7-9,12H,1-6H2,(H,16,17);6,8-10H,2-5,7H2,1H3;7-9,12H,1-6H2;1-4H2;1H4;;/q;;;;;+1;-1/t12-;9-;12-;;;;/m000..../s1. The zero-order chi connectivity index (χ0) is 39.3. The Kier molecular flexibility index (Phi) is 21.9. The summed E-state index contributed by atoms with van der Waals surface area (Å²) in [5, 5.41) is 9.74. The van der Waals surface area contributed by atoms with Crippen molar-refractivity contribution in [1.82, 2.24) is 15.0 Å². The maximum Gasteiger partial charge on any atom is 1.00 e. The van der Waals surface area contributed by atoms with E-state index in [0.29, 0.717) is 41.0 Å². The van der Waals surface area contributed by atoms with E-state index in [4.69, 9.17) is 47.3 Å². The number of aryl methyl sites for hydroxylation is 2. The fourth-order valence-corrected chi connectivity index (χ4v) is 9.98. The number of alkyl halides is 1. The Morgan fingerprint density at radius 2 is 1.26 bits per heavy atom. The third-order valence-corrected chi connectivity index (χ3v) is 13.3. The summed E-state index contributed by atoms with van der Waals surface area (Å²) >= 11 is 15.4. The van der Waals surface area contributed by atoms with Gasteiger partial charge in [-0.25, -0.2) is 4.79 Å². The monoisotopic (exact) mass is 913 g/mol. The molecule has 4 aliphatic heterocycles. The molecule has 9 nitrogen and oxygen atoms in total. The second-order valence-corrected chi connectivity index (χ2v) is 17.5. The summed E-state index contributed by atoms with van der Waals surface area (Å²) < 4.78 is 22.2. The van der Waals surface area contributed by atoms with E-state index in [1.807, 2.05) is 6.20 Å². The van der Waals surface area contributed by atoms with Gasteiger partial charge in [-0.2, -0.15) is 0 Å². The molecule has 0 saturated carbocycles. The zero-order valence-electron chi connectivity index (χ0n) is 34.7. The Balaban J connectivity index is 0.000000218. The Morgan fingerprint density at radius 3 is 1.76 bits per heavy atom. The average molecular weight is 916 g/mol. The topological polar surface area (TPSA) is 113 Å². The van der Waals surface area contributed by atoms with Crippen LogP contribution in [-0.2, 0) is 37.7 Å². The van der Waals surface area contributed by atoms with E-state index in [0.717, 1.165) is 136 Å². The van der Waals surface area contributed by atoms with E-state index in [-0.39, 0.29) is 38.4 Å². The molecular weight excluding hydrogens is 852 g/mol. The van der Waals surface area contributed by atoms with Gasteiger partial charge < -0.3 is 25.5 Å². The van der Waals surface area contributed by atoms with Crippen LogP contribution in [0.4, 0.5) is 0 Å². The average Bonchev–Trinajstić information content (AvgIpc) is 4.05. The molecule has 0 aromatic carbocycles. The van der Waals surface area contributed by atoms with Crippen molar-refractivity contribution in [2.24, 2.45) is 17.8 Å². The normalized spacial score (nSPS) is 22.2. The first-order chi connectivity index (χ1) is 27.3. The summed E-state index contributed by atoms with van der Waals surface area (Å²) in [5.74, 6) is 3.34. The summed E-state index contributed by atoms with van der Waals surface area (Å²) in [7, 11) is 0. The summed E-state index contributed by atoms with van der Waals surface area (Å²) in [6.07, 6.45) is 19.0. The smallest absolute Gasteiger partial charge is 1.00 e. The molecule has 0 unspecified atom stereocenters. The fourth-order valence-electron chi connectivity index (χ4n) is 9.21. The second kappa shape index (κ2) is 25.7. The van der Waals surface area contributed by atoms with Crippen LogP contribution < -0.4 is 29.6 Å². The maximum atomic E-state index is 10.9. The number of hydrogen-bond donors (Lipinski definition) is 1. The van der Waals surface area contributed by atoms with Gasteiger partial charge in [0.15, 0.2) is 0 Å². The van der Waals surface area contributed by atoms with Gasteiger partial charge in [-0.15, -0.1) is 11.6 Å². The van der Waals surface area contributed by atoms with Crippen LogP contribution in [0.3, 0.4) is 0 Å². The number of carboxylic acid groups (broad SMARTS) is 1. The second-order valence-electron chi connectivity index (χ2n) is 15.9. The number of fused-ring (bicyclic) bond motifs is 2. The third kappa shape index (κ3) is 13.9. The SMILES string of the molecule is C.C1CCOC1.C[C@H](c1ncc(Br)cc1CCl)C1CCOCC1.Clc1cnc2c(c1)CC[C@H]2C1CCOCC1.O=C(O)c1cnc2c(c1)CC[C@H]2C1CCOCC1.[H-].[Na+]. The minimum Gasteiger partial charge on any atom is -1.00 e. The number of hydrogen-bond acceptors (Lipinski definition) is 8. The van der Waals surface area contributed by atoms with Gasteiger partial charge in [0.2, 0.25) is 0 Å². The van der Waals surface area contributed by atoms with Gasteiger partial charge in [-0.05, 0) is 146 Å². The first-order valence-electron chi connectivity index (χ1n) is 20.7. The Morgan fingerprint density at radius 1 is 0.759 bits per heavy atom. The van der Waals surface area contributed by atoms with Gasteiger partial charge in [0.1, 0.15) is 0 Å². The Labute approximate surface area is 388 Å². The molecule has 3 atom stereocenters. The van der Waals surface area contributed by atoms with Crippen molar-refractivity contribution in [2.45, 2.75) is 115 Å². The van der Waals surface area contributed by atoms with E-state index in [1.165, 1.54) is 49.6 Å². The molecule has 7 heterocycles. The van der Waals surface area contributed by atoms with E-state index >= 15 is 0 Å². The maximum absolute atomic E-state index is 10.9. The predicted molar refractivity (Wildman–Crippen MR) is 231 cm³/mol. The molecule has 2 aliphatic carbocycles. The molecule has 58 heavy (non-hydrogen) atoms. The molecule has 4 fully saturated rings. The molecule has 0 radical (unpaired) electrons. The number of aromatic nitrogens is 3. The first kappa shape index (κ1) is 49.5. The van der Waals surface area contributed by atoms with Crippen LogP contribution in [0, 0.1) is 17.8 Å². The molecule has 13 heteroatoms. The van der Waals surface area contributed by atoms with Crippen molar-refractivity contribution in [3.63, 3.8) is 0 Å². The molecule has 4 saturated heterocycles. The van der Waals surface area contributed by atoms with Crippen LogP contribution in [0.1, 0.15) is 142 Å². The summed E-state index contributed by atoms with van der Waals surface area (Å²) in [6, 6.07) is 5.96. The van der Waals surface area contributed by atoms with E-state index < -0.39 is 5.97 Å². The molecule has 9 rings (SSSR count). The molecule has 0 spiro atoms. The van der Waals surface area contributed by atoms with Gasteiger partial charge in [0.05, 0.1) is 10.6 Å². The fraction of sp³-hybridized carbons (Fsp3) is 0.644. The van der Waals surface area contributed by atoms with Gasteiger partial charge in [-0.3, -0.25) is 15.0 Å². The molecular formula is C45H63BrCl2N3NaO6. The van der Waals surface area contributed by atoms with Crippen molar-refractivity contribution >= 4 is 45.1 Å². The van der Waals surface area contributed by atoms with Crippen LogP contribution in [0.2, 0.25) is 5.02 Å². The number of halogens is 3. The molecule has 0 amide bonds. The predicted octanol–water partition coefficient (Wildman–Crippen LogP) is 8.09. The minimum absolute atomic E-state index is 0. The minimum atomic E-state index is -0.889. The summed E-state index contributed by atoms with van der Waals surface area (Å²) in [6.45, 7) is 9.55. The summed E-state index contributed by atoms with van der Waals surface area (Å²) in [4.78, 5) is 24.4. The molecule has 0 bridgehead atoms. The van der Waals surface area contributed by atoms with E-state index in [1.54, 1.807) is 12.3 Å². The first-order valence-corrected chi connectivity index (χ1v) is 22.4. The molecule has 1 N–H and O–H groups in total. The zero-order valence-corrected chi connectivity index (χ0v) is 38.8. The van der Waals surface area contributed by atoms with Crippen molar-refractivity contribution in [3.8, 4) is 0 Å². The third-order valence-electron chi connectivity index (χ3n) is 12.4. The van der Waals surface area contributed by atoms with Crippen LogP contribution in [0.5, 0.6) is 0 Å². The molecule has 3 aromatic heterocycles. The van der Waals surface area contributed by atoms with E-state index in [2.05, 4.69) is 49.9 Å². The van der Waals surface area contributed by atoms with Crippen LogP contribution in [0.25, 0.3) is 0 Å². The Hall–Kier alpha value is -1.18. The number of ether oxygens (including phenoxy) is 4. The van der Waals surface area contributed by atoms with Crippen molar-refractivity contribution in [2.75, 3.05) is 52.9 Å². The molecule has 6 aliphatic rings. The van der Waals surface area contributed by atoms with Crippen molar-refractivity contribution in [1.29, 1.82) is 0 Å². The molecule has 316 valence electrons. The summed E-state index contributed by atoms with van der Waals surface area (Å²) in [5.41, 5.74) is 7.52. The Bertz CT molecular complexity index is 1700. The number of carbonyl (C=O) groups is 1. The number of pyridine rings is 3. The van der Waals surface area contributed by atoms with Gasteiger partial charge in [-0.1, -0.05) is 26.0 Å². The number of carboxylic acids is 1. The van der Waals surface area contributed by atoms with Gasteiger partial charge >= 0.3 is 35.5 Å². The van der Waals surface area contributed by atoms with Crippen LogP contribution in [-0.4, -0.2) is 78.9 Å². The van der Waals surface area contributed by atoms with Gasteiger partial charge in [0.25, 0.3) is 0 Å². The number of aromatic carboxylic acids is 1. The van der Waals surface area contributed by atoms with Gasteiger partial charge in [0, 0.05) is 117 Å². The van der Waals surface area contributed by atoms with E-state index in [9.17, 15) is 4.79 Å². The van der Waals surface area contributed by atoms with Crippen molar-refractivity contribution in [3.05, 3.63) is 85.6 Å².